The van der Waals surface area contributed by atoms with Gasteiger partial charge in [-0.1, -0.05) is 6.07 Å². The minimum atomic E-state index is -0.444. The Balaban J connectivity index is 1.79. The second-order valence-electron chi connectivity index (χ2n) is 6.55. The van der Waals surface area contributed by atoms with E-state index in [1.54, 1.807) is 34.9 Å². The van der Waals surface area contributed by atoms with Crippen molar-refractivity contribution >= 4 is 17.5 Å². The molecule has 1 aliphatic rings. The Morgan fingerprint density at radius 2 is 2.00 bits per heavy atom. The standard InChI is InChI=1S/C21H23FN2O3/c1-4-23(13-15-5-8-20(27-3)18(22)11-15)21(26)17-6-7-19-16(12-17)9-10-24(19)14(2)25/h5-8,11-12H,4,9-10,13H2,1-3H3. The van der Waals surface area contributed by atoms with Gasteiger partial charge in [0.1, 0.15) is 0 Å². The highest BCUT2D eigenvalue weighted by atomic mass is 19.1. The van der Waals surface area contributed by atoms with Crippen LogP contribution in [0.3, 0.4) is 0 Å². The van der Waals surface area contributed by atoms with Gasteiger partial charge in [0.15, 0.2) is 11.6 Å². The maximum Gasteiger partial charge on any atom is 0.254 e. The van der Waals surface area contributed by atoms with Crippen molar-refractivity contribution in [3.8, 4) is 5.75 Å². The fourth-order valence-electron chi connectivity index (χ4n) is 3.40. The molecule has 0 saturated heterocycles. The number of halogens is 1. The minimum Gasteiger partial charge on any atom is -0.494 e. The number of amides is 2. The molecule has 6 heteroatoms. The molecule has 2 aromatic rings. The van der Waals surface area contributed by atoms with E-state index in [9.17, 15) is 14.0 Å². The van der Waals surface area contributed by atoms with Gasteiger partial charge >= 0.3 is 0 Å². The first kappa shape index (κ1) is 18.9. The molecule has 0 N–H and O–H groups in total. The van der Waals surface area contributed by atoms with Crippen LogP contribution in [0.15, 0.2) is 36.4 Å². The summed E-state index contributed by atoms with van der Waals surface area (Å²) in [6, 6.07) is 10.2. The van der Waals surface area contributed by atoms with Crippen LogP contribution >= 0.6 is 0 Å². The maximum absolute atomic E-state index is 13.9. The van der Waals surface area contributed by atoms with Gasteiger partial charge in [-0.2, -0.15) is 0 Å². The molecular weight excluding hydrogens is 347 g/mol. The van der Waals surface area contributed by atoms with Crippen LogP contribution in [0.4, 0.5) is 10.1 Å². The third-order valence-corrected chi connectivity index (χ3v) is 4.86. The number of methoxy groups -OCH3 is 1. The molecule has 0 aromatic heterocycles. The number of rotatable bonds is 5. The molecule has 142 valence electrons. The highest BCUT2D eigenvalue weighted by Gasteiger charge is 2.24. The summed E-state index contributed by atoms with van der Waals surface area (Å²) < 4.78 is 18.9. The van der Waals surface area contributed by atoms with Crippen molar-refractivity contribution < 1.29 is 18.7 Å². The average molecular weight is 370 g/mol. The Bertz CT molecular complexity index is 882. The van der Waals surface area contributed by atoms with Crippen molar-refractivity contribution in [2.75, 3.05) is 25.1 Å². The van der Waals surface area contributed by atoms with E-state index in [1.165, 1.54) is 13.2 Å². The summed E-state index contributed by atoms with van der Waals surface area (Å²) in [6.45, 7) is 4.89. The molecule has 3 rings (SSSR count). The summed E-state index contributed by atoms with van der Waals surface area (Å²) in [5.74, 6) is -0.371. The van der Waals surface area contributed by atoms with Crippen LogP contribution in [0, 0.1) is 5.82 Å². The van der Waals surface area contributed by atoms with Crippen LogP contribution < -0.4 is 9.64 Å². The van der Waals surface area contributed by atoms with E-state index in [0.29, 0.717) is 30.8 Å². The molecule has 2 amide bonds. The summed E-state index contributed by atoms with van der Waals surface area (Å²) in [5, 5.41) is 0. The number of hydrogen-bond donors (Lipinski definition) is 0. The Morgan fingerprint density at radius 3 is 2.63 bits per heavy atom. The Hall–Kier alpha value is -2.89. The van der Waals surface area contributed by atoms with Crippen molar-refractivity contribution in [1.82, 2.24) is 4.90 Å². The molecule has 0 saturated carbocycles. The lowest BCUT2D eigenvalue weighted by Gasteiger charge is -2.22. The van der Waals surface area contributed by atoms with Gasteiger partial charge in [-0.25, -0.2) is 4.39 Å². The van der Waals surface area contributed by atoms with E-state index in [1.807, 2.05) is 19.1 Å². The molecule has 5 nitrogen and oxygen atoms in total. The molecule has 0 aliphatic carbocycles. The van der Waals surface area contributed by atoms with Crippen LogP contribution in [-0.4, -0.2) is 36.9 Å². The predicted molar refractivity (Wildman–Crippen MR) is 102 cm³/mol. The second-order valence-corrected chi connectivity index (χ2v) is 6.55. The molecule has 2 aromatic carbocycles. The number of hydrogen-bond acceptors (Lipinski definition) is 3. The van der Waals surface area contributed by atoms with Crippen LogP contribution in [0.2, 0.25) is 0 Å². The largest absolute Gasteiger partial charge is 0.494 e. The van der Waals surface area contributed by atoms with Crippen molar-refractivity contribution in [3.05, 3.63) is 58.9 Å². The maximum atomic E-state index is 13.9. The van der Waals surface area contributed by atoms with Gasteiger partial charge in [0, 0.05) is 37.8 Å². The molecule has 0 fully saturated rings. The summed E-state index contributed by atoms with van der Waals surface area (Å²) >= 11 is 0. The molecule has 0 bridgehead atoms. The first-order valence-corrected chi connectivity index (χ1v) is 8.97. The van der Waals surface area contributed by atoms with Crippen molar-refractivity contribution in [3.63, 3.8) is 0 Å². The number of carbonyl (C=O) groups excluding carboxylic acids is 2. The lowest BCUT2D eigenvalue weighted by atomic mass is 10.1. The van der Waals surface area contributed by atoms with Gasteiger partial charge in [-0.15, -0.1) is 0 Å². The van der Waals surface area contributed by atoms with Crippen LogP contribution in [0.25, 0.3) is 0 Å². The monoisotopic (exact) mass is 370 g/mol. The molecule has 1 heterocycles. The second kappa shape index (κ2) is 7.78. The van der Waals surface area contributed by atoms with Crippen molar-refractivity contribution in [2.24, 2.45) is 0 Å². The van der Waals surface area contributed by atoms with Gasteiger partial charge in [0.05, 0.1) is 7.11 Å². The summed E-state index contributed by atoms with van der Waals surface area (Å²) in [6.07, 6.45) is 0.742. The zero-order valence-electron chi connectivity index (χ0n) is 15.8. The number of benzene rings is 2. The predicted octanol–water partition coefficient (Wildman–Crippen LogP) is 3.41. The summed E-state index contributed by atoms with van der Waals surface area (Å²) in [7, 11) is 1.42. The molecule has 0 unspecified atom stereocenters. The number of fused-ring (bicyclic) bond motifs is 1. The normalized spacial score (nSPS) is 12.7. The molecule has 27 heavy (non-hydrogen) atoms. The third-order valence-electron chi connectivity index (χ3n) is 4.86. The fraction of sp³-hybridized carbons (Fsp3) is 0.333. The lowest BCUT2D eigenvalue weighted by molar-refractivity contribution is -0.116. The summed E-state index contributed by atoms with van der Waals surface area (Å²) in [5.41, 5.74) is 3.16. The van der Waals surface area contributed by atoms with E-state index in [2.05, 4.69) is 0 Å². The molecule has 0 atom stereocenters. The smallest absolute Gasteiger partial charge is 0.254 e. The third kappa shape index (κ3) is 3.79. The highest BCUT2D eigenvalue weighted by molar-refractivity contribution is 5.97. The first-order chi connectivity index (χ1) is 12.9. The van der Waals surface area contributed by atoms with Crippen LogP contribution in [0.1, 0.15) is 35.3 Å². The number of carbonyl (C=O) groups is 2. The minimum absolute atomic E-state index is 0.00421. The number of nitrogens with zero attached hydrogens (tertiary/aromatic N) is 2. The van der Waals surface area contributed by atoms with Gasteiger partial charge < -0.3 is 14.5 Å². The zero-order chi connectivity index (χ0) is 19.6. The topological polar surface area (TPSA) is 49.9 Å². The van der Waals surface area contributed by atoms with Crippen LogP contribution in [-0.2, 0) is 17.8 Å². The first-order valence-electron chi connectivity index (χ1n) is 8.97. The SMILES string of the molecule is CCN(Cc1ccc(OC)c(F)c1)C(=O)c1ccc2c(c1)CCN2C(C)=O. The zero-order valence-corrected chi connectivity index (χ0v) is 15.8. The van der Waals surface area contributed by atoms with Gasteiger partial charge in [0.25, 0.3) is 5.91 Å². The molecule has 0 spiro atoms. The Morgan fingerprint density at radius 1 is 1.22 bits per heavy atom. The lowest BCUT2D eigenvalue weighted by Crippen LogP contribution is -2.30. The van der Waals surface area contributed by atoms with Crippen LogP contribution in [0.5, 0.6) is 5.75 Å². The van der Waals surface area contributed by atoms with E-state index < -0.39 is 5.82 Å². The van der Waals surface area contributed by atoms with E-state index >= 15 is 0 Å². The van der Waals surface area contributed by atoms with Gasteiger partial charge in [-0.05, 0) is 54.8 Å². The fourth-order valence-corrected chi connectivity index (χ4v) is 3.40. The Labute approximate surface area is 158 Å². The average Bonchev–Trinajstić information content (AvgIpc) is 3.09. The molecular formula is C21H23FN2O3. The van der Waals surface area contributed by atoms with E-state index in [0.717, 1.165) is 17.7 Å². The van der Waals surface area contributed by atoms with Gasteiger partial charge in [-0.3, -0.25) is 9.59 Å². The summed E-state index contributed by atoms with van der Waals surface area (Å²) in [4.78, 5) is 28.0. The molecule has 1 aliphatic heterocycles. The van der Waals surface area contributed by atoms with E-state index in [-0.39, 0.29) is 17.6 Å². The quantitative estimate of drug-likeness (QED) is 0.810. The van der Waals surface area contributed by atoms with Crippen molar-refractivity contribution in [2.45, 2.75) is 26.8 Å². The highest BCUT2D eigenvalue weighted by Crippen LogP contribution is 2.29. The molecule has 0 radical (unpaired) electrons. The number of ether oxygens (including phenoxy) is 1. The van der Waals surface area contributed by atoms with Gasteiger partial charge in [0.2, 0.25) is 5.91 Å². The van der Waals surface area contributed by atoms with E-state index in [4.69, 9.17) is 4.74 Å². The number of anilines is 1. The van der Waals surface area contributed by atoms with Crippen molar-refractivity contribution in [1.29, 1.82) is 0 Å². The Kier molecular flexibility index (Phi) is 5.44.